The number of nitrogens with zero attached hydrogens (tertiary/aromatic N) is 2. The van der Waals surface area contributed by atoms with E-state index in [9.17, 15) is 8.78 Å². The van der Waals surface area contributed by atoms with Crippen LogP contribution in [0, 0.1) is 0 Å². The summed E-state index contributed by atoms with van der Waals surface area (Å²) in [5.41, 5.74) is 6.86. The summed E-state index contributed by atoms with van der Waals surface area (Å²) in [4.78, 5) is 4.13. The van der Waals surface area contributed by atoms with Crippen LogP contribution in [-0.4, -0.2) is 29.8 Å². The zero-order valence-corrected chi connectivity index (χ0v) is 10.7. The summed E-state index contributed by atoms with van der Waals surface area (Å²) in [7, 11) is 0. The molecule has 1 aromatic carbocycles. The molecule has 2 N–H and O–H groups in total. The second-order valence-electron chi connectivity index (χ2n) is 4.15. The molecule has 0 saturated carbocycles. The summed E-state index contributed by atoms with van der Waals surface area (Å²) in [6.45, 7) is -0.474. The number of alkyl halides is 2. The van der Waals surface area contributed by atoms with Gasteiger partial charge in [-0.15, -0.1) is 0 Å². The van der Waals surface area contributed by atoms with Gasteiger partial charge in [-0.25, -0.2) is 8.78 Å². The van der Waals surface area contributed by atoms with E-state index < -0.39 is 19.1 Å². The molecule has 108 valence electrons. The van der Waals surface area contributed by atoms with Crippen molar-refractivity contribution >= 4 is 0 Å². The molecule has 0 aliphatic carbocycles. The van der Waals surface area contributed by atoms with Gasteiger partial charge < -0.3 is 15.0 Å². The first kappa shape index (κ1) is 14.5. The lowest BCUT2D eigenvalue weighted by Crippen LogP contribution is -2.12. The van der Waals surface area contributed by atoms with Gasteiger partial charge in [0.05, 0.1) is 6.61 Å². The van der Waals surface area contributed by atoms with Gasteiger partial charge in [-0.3, -0.25) is 0 Å². The molecule has 0 radical (unpaired) electrons. The first-order chi connectivity index (χ1) is 9.66. The molecule has 0 fully saturated rings. The average Bonchev–Trinajstić information content (AvgIpc) is 2.92. The van der Waals surface area contributed by atoms with Crippen LogP contribution in [-0.2, 0) is 11.2 Å². The number of rotatable bonds is 7. The van der Waals surface area contributed by atoms with Gasteiger partial charge in [0.2, 0.25) is 5.89 Å². The topological polar surface area (TPSA) is 74.2 Å². The third-order valence-corrected chi connectivity index (χ3v) is 2.62. The molecule has 0 saturated heterocycles. The first-order valence-electron chi connectivity index (χ1n) is 6.15. The molecule has 20 heavy (non-hydrogen) atoms. The van der Waals surface area contributed by atoms with Gasteiger partial charge in [0, 0.05) is 6.42 Å². The van der Waals surface area contributed by atoms with Crippen molar-refractivity contribution in [2.45, 2.75) is 18.9 Å². The maximum absolute atomic E-state index is 11.9. The minimum Gasteiger partial charge on any atom is -0.375 e. The highest BCUT2D eigenvalue weighted by Gasteiger charge is 2.16. The van der Waals surface area contributed by atoms with Crippen LogP contribution in [0.2, 0.25) is 0 Å². The molecule has 1 aromatic heterocycles. The van der Waals surface area contributed by atoms with E-state index in [0.29, 0.717) is 18.1 Å². The standard InChI is InChI=1S/C13H15F2N3O2/c14-10(15)8-19-7-6-11-17-13(20-18-11)12(16)9-4-2-1-3-5-9/h1-5,10,12H,6-8,16H2/t12-/m1/s1. The molecule has 0 aliphatic rings. The highest BCUT2D eigenvalue weighted by atomic mass is 19.3. The van der Waals surface area contributed by atoms with Crippen LogP contribution < -0.4 is 5.73 Å². The summed E-state index contributed by atoms with van der Waals surface area (Å²) in [6.07, 6.45) is -2.17. The van der Waals surface area contributed by atoms with E-state index in [0.717, 1.165) is 5.56 Å². The quantitative estimate of drug-likeness (QED) is 0.786. The third-order valence-electron chi connectivity index (χ3n) is 2.62. The summed E-state index contributed by atoms with van der Waals surface area (Å²) in [6, 6.07) is 8.84. The lowest BCUT2D eigenvalue weighted by molar-refractivity contribution is 0.0182. The number of nitrogens with two attached hydrogens (primary N) is 1. The van der Waals surface area contributed by atoms with Gasteiger partial charge in [-0.05, 0) is 5.56 Å². The van der Waals surface area contributed by atoms with E-state index >= 15 is 0 Å². The maximum Gasteiger partial charge on any atom is 0.261 e. The van der Waals surface area contributed by atoms with Crippen LogP contribution in [0.5, 0.6) is 0 Å². The van der Waals surface area contributed by atoms with Crippen molar-refractivity contribution in [3.05, 3.63) is 47.6 Å². The Morgan fingerprint density at radius 3 is 2.70 bits per heavy atom. The van der Waals surface area contributed by atoms with Crippen LogP contribution in [0.1, 0.15) is 23.3 Å². The van der Waals surface area contributed by atoms with Gasteiger partial charge in [0.15, 0.2) is 5.82 Å². The maximum atomic E-state index is 11.9. The Morgan fingerprint density at radius 2 is 2.00 bits per heavy atom. The molecule has 0 bridgehead atoms. The Bertz CT molecular complexity index is 519. The Balaban J connectivity index is 1.89. The average molecular weight is 283 g/mol. The lowest BCUT2D eigenvalue weighted by Gasteiger charge is -2.05. The monoisotopic (exact) mass is 283 g/mol. The van der Waals surface area contributed by atoms with Crippen LogP contribution in [0.25, 0.3) is 0 Å². The fourth-order valence-electron chi connectivity index (χ4n) is 1.63. The van der Waals surface area contributed by atoms with E-state index in [1.54, 1.807) is 0 Å². The van der Waals surface area contributed by atoms with Gasteiger partial charge in [0.1, 0.15) is 12.6 Å². The lowest BCUT2D eigenvalue weighted by atomic mass is 10.1. The van der Waals surface area contributed by atoms with Crippen molar-refractivity contribution < 1.29 is 18.0 Å². The molecule has 2 rings (SSSR count). The first-order valence-corrected chi connectivity index (χ1v) is 6.15. The van der Waals surface area contributed by atoms with Gasteiger partial charge >= 0.3 is 0 Å². The predicted octanol–water partition coefficient (Wildman–Crippen LogP) is 1.94. The number of ether oxygens (including phenoxy) is 1. The molecule has 0 aliphatic heterocycles. The number of benzene rings is 1. The van der Waals surface area contributed by atoms with Crippen LogP contribution in [0.15, 0.2) is 34.9 Å². The Kier molecular flexibility index (Phi) is 5.14. The molecule has 1 heterocycles. The Morgan fingerprint density at radius 1 is 1.25 bits per heavy atom. The van der Waals surface area contributed by atoms with Crippen molar-refractivity contribution in [2.24, 2.45) is 5.73 Å². The highest BCUT2D eigenvalue weighted by molar-refractivity contribution is 5.22. The predicted molar refractivity (Wildman–Crippen MR) is 67.3 cm³/mol. The van der Waals surface area contributed by atoms with Crippen LogP contribution >= 0.6 is 0 Å². The second kappa shape index (κ2) is 7.06. The molecule has 2 aromatic rings. The molecular weight excluding hydrogens is 268 g/mol. The van der Waals surface area contributed by atoms with E-state index in [1.165, 1.54) is 0 Å². The minimum atomic E-state index is -2.47. The largest absolute Gasteiger partial charge is 0.375 e. The molecular formula is C13H15F2N3O2. The fraction of sp³-hybridized carbons (Fsp3) is 0.385. The molecule has 1 atom stereocenters. The molecule has 5 nitrogen and oxygen atoms in total. The summed E-state index contributed by atoms with van der Waals surface area (Å²) < 4.78 is 33.6. The second-order valence-corrected chi connectivity index (χ2v) is 4.15. The van der Waals surface area contributed by atoms with Gasteiger partial charge in [-0.2, -0.15) is 4.98 Å². The molecule has 7 heteroatoms. The number of hydrogen-bond donors (Lipinski definition) is 1. The van der Waals surface area contributed by atoms with Gasteiger partial charge in [-0.1, -0.05) is 35.5 Å². The summed E-state index contributed by atoms with van der Waals surface area (Å²) in [5.74, 6) is 0.681. The van der Waals surface area contributed by atoms with E-state index in [-0.39, 0.29) is 6.61 Å². The molecule has 0 spiro atoms. The number of aromatic nitrogens is 2. The Labute approximate surface area is 114 Å². The smallest absolute Gasteiger partial charge is 0.261 e. The van der Waals surface area contributed by atoms with E-state index in [1.807, 2.05) is 30.3 Å². The van der Waals surface area contributed by atoms with Crippen LogP contribution in [0.4, 0.5) is 8.78 Å². The molecule has 0 unspecified atom stereocenters. The van der Waals surface area contributed by atoms with Crippen molar-refractivity contribution in [1.82, 2.24) is 10.1 Å². The van der Waals surface area contributed by atoms with Crippen molar-refractivity contribution in [1.29, 1.82) is 0 Å². The summed E-state index contributed by atoms with van der Waals surface area (Å²) in [5, 5.41) is 3.75. The van der Waals surface area contributed by atoms with Crippen molar-refractivity contribution in [2.75, 3.05) is 13.2 Å². The van der Waals surface area contributed by atoms with Crippen molar-refractivity contribution in [3.8, 4) is 0 Å². The normalized spacial score (nSPS) is 12.8. The van der Waals surface area contributed by atoms with Crippen molar-refractivity contribution in [3.63, 3.8) is 0 Å². The SMILES string of the molecule is N[C@H](c1ccccc1)c1nc(CCOCC(F)F)no1. The number of hydrogen-bond acceptors (Lipinski definition) is 5. The Hall–Kier alpha value is -1.86. The van der Waals surface area contributed by atoms with Gasteiger partial charge in [0.25, 0.3) is 6.43 Å². The third kappa shape index (κ3) is 4.07. The van der Waals surface area contributed by atoms with E-state index in [4.69, 9.17) is 15.0 Å². The molecule has 0 amide bonds. The minimum absolute atomic E-state index is 0.115. The van der Waals surface area contributed by atoms with Crippen LogP contribution in [0.3, 0.4) is 0 Å². The zero-order chi connectivity index (χ0) is 14.4. The fourth-order valence-corrected chi connectivity index (χ4v) is 1.63. The highest BCUT2D eigenvalue weighted by Crippen LogP contribution is 2.17. The van der Waals surface area contributed by atoms with E-state index in [2.05, 4.69) is 10.1 Å². The number of halogens is 2. The zero-order valence-electron chi connectivity index (χ0n) is 10.7. The summed E-state index contributed by atoms with van der Waals surface area (Å²) >= 11 is 0.